The number of nitrogens with one attached hydrogen (secondary N) is 10. The SMILES string of the molecule is CC[C@H](C)[C@H](NC(=O)[C@@H]1CCCN1C(=O)[C@H](Cc1cnc[nH]1)NC(=O)[C@@H](NC(=O)[C@H](Cc1ccc(O)cc1)NC(=O)[C@@H](NC(=O)[C@H](CCCN=C(N)N)NC(=O)CNCCC(CCNC(C)(C)/C(C)=N/O)CCNC(C)(C)/C(C)=N/O)C(C)C)[C@@H](C)CC)C(=O)O. The lowest BCUT2D eigenvalue weighted by molar-refractivity contribution is -0.146. The van der Waals surface area contributed by atoms with Gasteiger partial charge in [-0.3, -0.25) is 38.6 Å². The molecule has 0 unspecified atom stereocenters. The number of amides is 7. The van der Waals surface area contributed by atoms with E-state index in [2.05, 4.69) is 73.1 Å². The lowest BCUT2D eigenvalue weighted by Gasteiger charge is -2.32. The fraction of sp³-hybridized carbons (Fsp3) is 0.677. The van der Waals surface area contributed by atoms with E-state index in [9.17, 15) is 59.0 Å². The third-order valence-electron chi connectivity index (χ3n) is 17.2. The zero-order valence-corrected chi connectivity index (χ0v) is 55.3. The zero-order chi connectivity index (χ0) is 68.2. The number of guanidine groups is 1. The second-order valence-corrected chi connectivity index (χ2v) is 25.2. The van der Waals surface area contributed by atoms with Gasteiger partial charge in [-0.2, -0.15) is 0 Å². The number of imidazole rings is 1. The number of aromatic hydroxyl groups is 1. The molecule has 1 fully saturated rings. The Kier molecular flexibility index (Phi) is 32.3. The van der Waals surface area contributed by atoms with Gasteiger partial charge in [0.25, 0.3) is 0 Å². The number of carboxylic acids is 1. The number of benzene rings is 1. The molecule has 18 N–H and O–H groups in total. The van der Waals surface area contributed by atoms with Gasteiger partial charge in [-0.25, -0.2) is 9.78 Å². The molecule has 3 rings (SSSR count). The number of phenolic OH excluding ortho intramolecular Hbond substituents is 1. The van der Waals surface area contributed by atoms with E-state index < -0.39 is 118 Å². The highest BCUT2D eigenvalue weighted by atomic mass is 16.4. The summed E-state index contributed by atoms with van der Waals surface area (Å²) in [5.74, 6) is -7.59. The Balaban J connectivity index is 1.87. The van der Waals surface area contributed by atoms with E-state index in [0.717, 1.165) is 12.8 Å². The number of hydrogen-bond donors (Lipinski definition) is 16. The lowest BCUT2D eigenvalue weighted by atomic mass is 9.94. The van der Waals surface area contributed by atoms with Gasteiger partial charge >= 0.3 is 5.97 Å². The van der Waals surface area contributed by atoms with Gasteiger partial charge in [0.1, 0.15) is 48.0 Å². The molecule has 0 aliphatic carbocycles. The number of rotatable bonds is 41. The van der Waals surface area contributed by atoms with Crippen LogP contribution < -0.4 is 59.3 Å². The minimum absolute atomic E-state index is 0.0544. The highest BCUT2D eigenvalue weighted by Gasteiger charge is 2.42. The van der Waals surface area contributed by atoms with Crippen LogP contribution in [0.5, 0.6) is 5.75 Å². The van der Waals surface area contributed by atoms with E-state index in [4.69, 9.17) is 11.5 Å². The average Bonchev–Trinajstić information content (AvgIpc) is 1.95. The number of H-pyrrole nitrogens is 1. The van der Waals surface area contributed by atoms with Crippen LogP contribution in [0.15, 0.2) is 52.1 Å². The van der Waals surface area contributed by atoms with Crippen molar-refractivity contribution in [2.45, 2.75) is 207 Å². The number of aromatic nitrogens is 2. The van der Waals surface area contributed by atoms with Gasteiger partial charge in [-0.15, -0.1) is 0 Å². The van der Waals surface area contributed by atoms with E-state index in [-0.39, 0.29) is 69.4 Å². The number of aromatic amines is 1. The van der Waals surface area contributed by atoms with Crippen LogP contribution in [0.4, 0.5) is 0 Å². The molecule has 1 aromatic heterocycles. The molecule has 1 saturated heterocycles. The molecule has 2 heterocycles. The van der Waals surface area contributed by atoms with Gasteiger partial charge in [-0.05, 0) is 147 Å². The maximum atomic E-state index is 14.8. The predicted octanol–water partition coefficient (Wildman–Crippen LogP) is 1.50. The van der Waals surface area contributed by atoms with Gasteiger partial charge < -0.3 is 89.8 Å². The molecule has 510 valence electrons. The summed E-state index contributed by atoms with van der Waals surface area (Å²) >= 11 is 0. The van der Waals surface area contributed by atoms with Crippen molar-refractivity contribution in [3.63, 3.8) is 0 Å². The number of aliphatic imine (C=N–C) groups is 1. The maximum absolute atomic E-state index is 14.8. The van der Waals surface area contributed by atoms with Crippen LogP contribution in [0.1, 0.15) is 152 Å². The topological polar surface area (TPSA) is 447 Å². The van der Waals surface area contributed by atoms with Crippen molar-refractivity contribution in [3.8, 4) is 5.75 Å². The molecule has 2 aromatic rings. The van der Waals surface area contributed by atoms with Crippen LogP contribution in [-0.2, 0) is 51.2 Å². The molecule has 0 spiro atoms. The normalized spacial score (nSPS) is 16.5. The highest BCUT2D eigenvalue weighted by Crippen LogP contribution is 2.23. The second kappa shape index (κ2) is 38.1. The summed E-state index contributed by atoms with van der Waals surface area (Å²) in [6.45, 7) is 23.3. The number of hydrogen-bond acceptors (Lipinski definition) is 18. The van der Waals surface area contributed by atoms with Crippen molar-refractivity contribution < 1.29 is 59.0 Å². The quantitative estimate of drug-likeness (QED) is 0.0147. The summed E-state index contributed by atoms with van der Waals surface area (Å²) in [5, 5.41) is 72.3. The van der Waals surface area contributed by atoms with Gasteiger partial charge in [0.15, 0.2) is 5.96 Å². The van der Waals surface area contributed by atoms with Crippen molar-refractivity contribution in [1.29, 1.82) is 0 Å². The van der Waals surface area contributed by atoms with E-state index in [1.807, 2.05) is 27.7 Å². The molecule has 29 nitrogen and oxygen atoms in total. The average molecular weight is 1280 g/mol. The number of phenols is 1. The van der Waals surface area contributed by atoms with Gasteiger partial charge in [-0.1, -0.05) is 76.8 Å². The number of carbonyl (C=O) groups is 8. The lowest BCUT2D eigenvalue weighted by Crippen LogP contribution is -2.62. The molecule has 9 atom stereocenters. The first kappa shape index (κ1) is 77.3. The molecule has 29 heteroatoms. The Bertz CT molecular complexity index is 2720. The van der Waals surface area contributed by atoms with Gasteiger partial charge in [0, 0.05) is 37.8 Å². The first-order valence-electron chi connectivity index (χ1n) is 31.6. The van der Waals surface area contributed by atoms with Crippen molar-refractivity contribution in [3.05, 3.63) is 48.0 Å². The number of likely N-dealkylation sites (tertiary alicyclic amines) is 1. The summed E-state index contributed by atoms with van der Waals surface area (Å²) in [6, 6.07) is -2.72. The standard InChI is InChI=1S/C62H105N17O12/c1-13-37(5)51(57(86)73-47(32-43-33-66-35-68-43)58(87)79-30-16-18-48(79)55(84)76-52(59(88)89)38(6)14-2)75-54(83)46(31-42-19-21-44(80)22-20-42)72-56(85)50(36(3)4)74-53(82)45(17-15-26-67-60(63)64)71-49(81)34-65-27-23-41(24-28-69-61(9,10)39(7)77-90)25-29-70-62(11,12)40(8)78-91/h19-22,33,35-38,41,45-48,50-52,65,69-70,80,90-91H,13-18,23-32,34H2,1-12H3,(H,66,68)(H,71,81)(H,72,85)(H,73,86)(H,74,82)(H,75,83)(H,76,84)(H,88,89)(H4,63,64,67)/b77-39+,78-40+/t37-,38-,45-,46-,47-,48-,50-,51-,52-/m0/s1. The first-order chi connectivity index (χ1) is 42.9. The summed E-state index contributed by atoms with van der Waals surface area (Å²) in [7, 11) is 0. The maximum Gasteiger partial charge on any atom is 0.326 e. The summed E-state index contributed by atoms with van der Waals surface area (Å²) in [6.07, 6.45) is 6.64. The van der Waals surface area contributed by atoms with Crippen molar-refractivity contribution in [1.82, 2.24) is 62.7 Å². The number of oxime groups is 2. The number of carbonyl (C=O) groups excluding carboxylic acids is 7. The zero-order valence-electron chi connectivity index (χ0n) is 55.3. The molecule has 1 aliphatic heterocycles. The van der Waals surface area contributed by atoms with Crippen LogP contribution in [0.2, 0.25) is 0 Å². The molecule has 91 heavy (non-hydrogen) atoms. The van der Waals surface area contributed by atoms with Crippen LogP contribution in [0.3, 0.4) is 0 Å². The monoisotopic (exact) mass is 1280 g/mol. The molecular weight excluding hydrogens is 1170 g/mol. The van der Waals surface area contributed by atoms with Crippen molar-refractivity contribution >= 4 is 64.7 Å². The third kappa shape index (κ3) is 25.7. The smallest absolute Gasteiger partial charge is 0.326 e. The Morgan fingerprint density at radius 1 is 0.703 bits per heavy atom. The molecule has 7 amide bonds. The fourth-order valence-electron chi connectivity index (χ4n) is 10.2. The van der Waals surface area contributed by atoms with Crippen LogP contribution >= 0.6 is 0 Å². The summed E-state index contributed by atoms with van der Waals surface area (Å²) < 4.78 is 0. The number of nitrogens with two attached hydrogens (primary N) is 2. The Hall–Kier alpha value is -7.92. The van der Waals surface area contributed by atoms with Crippen LogP contribution in [-0.4, -0.2) is 193 Å². The second-order valence-electron chi connectivity index (χ2n) is 25.2. The summed E-state index contributed by atoms with van der Waals surface area (Å²) in [4.78, 5) is 125. The third-order valence-corrected chi connectivity index (χ3v) is 17.2. The molecular formula is C62H105N17O12. The Morgan fingerprint density at radius 2 is 1.25 bits per heavy atom. The molecule has 0 bridgehead atoms. The van der Waals surface area contributed by atoms with Crippen molar-refractivity contribution in [2.24, 2.45) is 50.4 Å². The Morgan fingerprint density at radius 3 is 1.79 bits per heavy atom. The van der Waals surface area contributed by atoms with E-state index in [1.165, 1.54) is 29.6 Å². The van der Waals surface area contributed by atoms with E-state index in [1.54, 1.807) is 67.5 Å². The molecule has 0 radical (unpaired) electrons. The van der Waals surface area contributed by atoms with Crippen LogP contribution in [0.25, 0.3) is 0 Å². The minimum atomic E-state index is -1.40. The van der Waals surface area contributed by atoms with Crippen LogP contribution in [0, 0.1) is 23.7 Å². The minimum Gasteiger partial charge on any atom is -0.508 e. The summed E-state index contributed by atoms with van der Waals surface area (Å²) in [5.41, 5.74) is 12.1. The van der Waals surface area contributed by atoms with E-state index >= 15 is 0 Å². The predicted molar refractivity (Wildman–Crippen MR) is 346 cm³/mol. The van der Waals surface area contributed by atoms with Crippen molar-refractivity contribution in [2.75, 3.05) is 39.3 Å². The molecule has 1 aromatic carbocycles. The number of carboxylic acid groups (broad SMARTS) is 1. The largest absolute Gasteiger partial charge is 0.508 e. The first-order valence-corrected chi connectivity index (χ1v) is 31.6. The van der Waals surface area contributed by atoms with Gasteiger partial charge in [0.05, 0.1) is 35.4 Å². The highest BCUT2D eigenvalue weighted by molar-refractivity contribution is 5.98. The number of nitrogens with zero attached hydrogens (tertiary/aromatic N) is 5. The molecule has 0 saturated carbocycles. The fourth-order valence-corrected chi connectivity index (χ4v) is 10.2. The van der Waals surface area contributed by atoms with E-state index in [0.29, 0.717) is 68.0 Å². The Labute approximate surface area is 535 Å². The van der Waals surface area contributed by atoms with Gasteiger partial charge in [0.2, 0.25) is 41.4 Å². The molecule has 1 aliphatic rings. The number of aliphatic carboxylic acids is 1.